The van der Waals surface area contributed by atoms with E-state index in [4.69, 9.17) is 9.84 Å². The second-order valence-corrected chi connectivity index (χ2v) is 7.59. The molecule has 0 bridgehead atoms. The van der Waals surface area contributed by atoms with Crippen LogP contribution in [0.25, 0.3) is 0 Å². The Kier molecular flexibility index (Phi) is 5.98. The van der Waals surface area contributed by atoms with Gasteiger partial charge in [0.15, 0.2) is 9.84 Å². The van der Waals surface area contributed by atoms with Crippen LogP contribution in [-0.4, -0.2) is 32.4 Å². The van der Waals surface area contributed by atoms with Gasteiger partial charge in [-0.05, 0) is 48.2 Å². The smallest absolute Gasteiger partial charge is 0.307 e. The summed E-state index contributed by atoms with van der Waals surface area (Å²) >= 11 is 0. The molecule has 1 N–H and O–H groups in total. The number of ether oxygens (including phenoxy) is 1. The molecule has 2 rings (SSSR count). The lowest BCUT2D eigenvalue weighted by Gasteiger charge is -2.06. The highest BCUT2D eigenvalue weighted by atomic mass is 32.2. The molecule has 0 unspecified atom stereocenters. The van der Waals surface area contributed by atoms with Crippen molar-refractivity contribution in [2.45, 2.75) is 24.2 Å². The van der Waals surface area contributed by atoms with E-state index in [-0.39, 0.29) is 12.2 Å². The first-order chi connectivity index (χ1) is 11.4. The quantitative estimate of drug-likeness (QED) is 0.793. The first kappa shape index (κ1) is 18.0. The summed E-state index contributed by atoms with van der Waals surface area (Å²) in [7, 11) is -1.78. The molecule has 5 nitrogen and oxygen atoms in total. The van der Waals surface area contributed by atoms with Gasteiger partial charge in [-0.3, -0.25) is 4.79 Å². The Morgan fingerprint density at radius 1 is 1.00 bits per heavy atom. The minimum absolute atomic E-state index is 0.00781. The number of rotatable bonds is 8. The number of aryl methyl sites for hydroxylation is 1. The van der Waals surface area contributed by atoms with Gasteiger partial charge < -0.3 is 9.84 Å². The summed E-state index contributed by atoms with van der Waals surface area (Å²) in [6.07, 6.45) is 1.13. The van der Waals surface area contributed by atoms with Crippen molar-refractivity contribution in [1.29, 1.82) is 0 Å². The molecule has 0 aliphatic heterocycles. The van der Waals surface area contributed by atoms with E-state index in [1.54, 1.807) is 36.4 Å². The molecule has 0 spiro atoms. The lowest BCUT2D eigenvalue weighted by Crippen LogP contribution is -2.08. The molecule has 0 saturated carbocycles. The Hall–Kier alpha value is -2.34. The van der Waals surface area contributed by atoms with Crippen molar-refractivity contribution in [2.24, 2.45) is 0 Å². The molecular formula is C18H20O5S. The van der Waals surface area contributed by atoms with Crippen LogP contribution in [0.2, 0.25) is 0 Å². The zero-order valence-corrected chi connectivity index (χ0v) is 14.3. The molecule has 0 saturated heterocycles. The molecule has 0 aliphatic rings. The fourth-order valence-corrected chi connectivity index (χ4v) is 3.68. The Morgan fingerprint density at radius 3 is 2.12 bits per heavy atom. The van der Waals surface area contributed by atoms with E-state index < -0.39 is 15.8 Å². The Morgan fingerprint density at radius 2 is 1.58 bits per heavy atom. The van der Waals surface area contributed by atoms with Gasteiger partial charge in [0.1, 0.15) is 5.75 Å². The zero-order valence-electron chi connectivity index (χ0n) is 13.4. The summed E-state index contributed by atoms with van der Waals surface area (Å²) in [5.41, 5.74) is 1.73. The van der Waals surface area contributed by atoms with Crippen LogP contribution in [0.4, 0.5) is 0 Å². The highest BCUT2D eigenvalue weighted by Gasteiger charge is 2.14. The average Bonchev–Trinajstić information content (AvgIpc) is 2.56. The summed E-state index contributed by atoms with van der Waals surface area (Å²) in [6, 6.07) is 13.6. The minimum Gasteiger partial charge on any atom is -0.497 e. The number of carbonyl (C=O) groups is 1. The van der Waals surface area contributed by atoms with E-state index in [2.05, 4.69) is 0 Å². The third kappa shape index (κ3) is 5.09. The number of carboxylic acids is 1. The summed E-state index contributed by atoms with van der Waals surface area (Å²) in [5, 5.41) is 8.73. The van der Waals surface area contributed by atoms with E-state index in [1.165, 1.54) is 7.11 Å². The maximum absolute atomic E-state index is 12.3. The van der Waals surface area contributed by atoms with Crippen LogP contribution >= 0.6 is 0 Å². The topological polar surface area (TPSA) is 80.7 Å². The Balaban J connectivity index is 1.91. The predicted molar refractivity (Wildman–Crippen MR) is 91.1 cm³/mol. The number of carboxylic acid groups (broad SMARTS) is 1. The van der Waals surface area contributed by atoms with Crippen LogP contribution in [0.1, 0.15) is 17.5 Å². The predicted octanol–water partition coefficient (Wildman–Crippen LogP) is 2.73. The summed E-state index contributed by atoms with van der Waals surface area (Å²) < 4.78 is 29.6. The van der Waals surface area contributed by atoms with Crippen LogP contribution in [0.3, 0.4) is 0 Å². The molecule has 0 fully saturated rings. The van der Waals surface area contributed by atoms with E-state index in [0.29, 0.717) is 23.5 Å². The van der Waals surface area contributed by atoms with Crippen LogP contribution in [-0.2, 0) is 27.5 Å². The van der Waals surface area contributed by atoms with Crippen molar-refractivity contribution in [3.05, 3.63) is 59.7 Å². The standard InChI is InChI=1S/C18H20O5S/c1-23-16-8-10-17(11-9-16)24(21,22)12-2-3-14-4-6-15(7-5-14)13-18(19)20/h4-11H,2-3,12-13H2,1H3,(H,19,20). The van der Waals surface area contributed by atoms with E-state index in [1.807, 2.05) is 12.1 Å². The summed E-state index contributed by atoms with van der Waals surface area (Å²) in [6.45, 7) is 0. The number of aliphatic carboxylic acids is 1. The fourth-order valence-electron chi connectivity index (χ4n) is 2.37. The average molecular weight is 348 g/mol. The molecule has 0 amide bonds. The number of hydrogen-bond donors (Lipinski definition) is 1. The van der Waals surface area contributed by atoms with Crippen LogP contribution in [0.5, 0.6) is 5.75 Å². The molecule has 6 heteroatoms. The molecule has 2 aromatic rings. The molecule has 0 radical (unpaired) electrons. The molecule has 0 atom stereocenters. The number of sulfone groups is 1. The van der Waals surface area contributed by atoms with Crippen molar-refractivity contribution in [3.8, 4) is 5.75 Å². The van der Waals surface area contributed by atoms with E-state index >= 15 is 0 Å². The van der Waals surface area contributed by atoms with Gasteiger partial charge >= 0.3 is 5.97 Å². The second kappa shape index (κ2) is 7.97. The van der Waals surface area contributed by atoms with Crippen molar-refractivity contribution < 1.29 is 23.1 Å². The van der Waals surface area contributed by atoms with Gasteiger partial charge in [-0.25, -0.2) is 8.42 Å². The molecule has 128 valence electrons. The van der Waals surface area contributed by atoms with E-state index in [0.717, 1.165) is 11.1 Å². The molecular weight excluding hydrogens is 328 g/mol. The van der Waals surface area contributed by atoms with Gasteiger partial charge in [-0.2, -0.15) is 0 Å². The van der Waals surface area contributed by atoms with Gasteiger partial charge in [0, 0.05) is 0 Å². The molecule has 24 heavy (non-hydrogen) atoms. The molecule has 0 aromatic heterocycles. The maximum atomic E-state index is 12.3. The lowest BCUT2D eigenvalue weighted by molar-refractivity contribution is -0.136. The molecule has 2 aromatic carbocycles. The van der Waals surface area contributed by atoms with Gasteiger partial charge in [0.05, 0.1) is 24.2 Å². The second-order valence-electron chi connectivity index (χ2n) is 5.48. The van der Waals surface area contributed by atoms with Gasteiger partial charge in [-0.1, -0.05) is 24.3 Å². The summed E-state index contributed by atoms with van der Waals surface area (Å²) in [5.74, 6) is -0.181. The third-order valence-electron chi connectivity index (χ3n) is 3.68. The number of benzene rings is 2. The summed E-state index contributed by atoms with van der Waals surface area (Å²) in [4.78, 5) is 10.9. The van der Waals surface area contributed by atoms with Crippen molar-refractivity contribution in [3.63, 3.8) is 0 Å². The highest BCUT2D eigenvalue weighted by molar-refractivity contribution is 7.91. The highest BCUT2D eigenvalue weighted by Crippen LogP contribution is 2.18. The molecule has 0 aliphatic carbocycles. The maximum Gasteiger partial charge on any atom is 0.307 e. The van der Waals surface area contributed by atoms with Crippen LogP contribution in [0, 0.1) is 0 Å². The lowest BCUT2D eigenvalue weighted by atomic mass is 10.1. The first-order valence-corrected chi connectivity index (χ1v) is 9.22. The number of methoxy groups -OCH3 is 1. The number of hydrogen-bond acceptors (Lipinski definition) is 4. The van der Waals surface area contributed by atoms with Gasteiger partial charge in [0.2, 0.25) is 0 Å². The fraction of sp³-hybridized carbons (Fsp3) is 0.278. The van der Waals surface area contributed by atoms with Crippen molar-refractivity contribution in [2.75, 3.05) is 12.9 Å². The van der Waals surface area contributed by atoms with E-state index in [9.17, 15) is 13.2 Å². The van der Waals surface area contributed by atoms with Crippen molar-refractivity contribution >= 4 is 15.8 Å². The Bertz CT molecular complexity index is 777. The normalized spacial score (nSPS) is 11.2. The third-order valence-corrected chi connectivity index (χ3v) is 5.49. The SMILES string of the molecule is COc1ccc(S(=O)(=O)CCCc2ccc(CC(=O)O)cc2)cc1. The van der Waals surface area contributed by atoms with Crippen LogP contribution in [0.15, 0.2) is 53.4 Å². The first-order valence-electron chi connectivity index (χ1n) is 7.57. The minimum atomic E-state index is -3.31. The zero-order chi connectivity index (χ0) is 17.6. The largest absolute Gasteiger partial charge is 0.497 e. The van der Waals surface area contributed by atoms with Gasteiger partial charge in [-0.15, -0.1) is 0 Å². The van der Waals surface area contributed by atoms with Crippen molar-refractivity contribution in [1.82, 2.24) is 0 Å². The van der Waals surface area contributed by atoms with Crippen LogP contribution < -0.4 is 4.74 Å². The molecule has 0 heterocycles. The van der Waals surface area contributed by atoms with Gasteiger partial charge in [0.25, 0.3) is 0 Å². The monoisotopic (exact) mass is 348 g/mol. The Labute approximate surface area is 141 Å².